The van der Waals surface area contributed by atoms with E-state index in [0.717, 1.165) is 36.3 Å². The Bertz CT molecular complexity index is 672. The van der Waals surface area contributed by atoms with Crippen molar-refractivity contribution in [2.75, 3.05) is 13.6 Å². The van der Waals surface area contributed by atoms with Gasteiger partial charge in [0.05, 0.1) is 23.0 Å². The van der Waals surface area contributed by atoms with Gasteiger partial charge >= 0.3 is 5.97 Å². The summed E-state index contributed by atoms with van der Waals surface area (Å²) in [7, 11) is 2.09. The normalized spacial score (nSPS) is 18.8. The number of carboxylic acids is 1. The third-order valence-corrected chi connectivity index (χ3v) is 3.95. The zero-order chi connectivity index (χ0) is 14.8. The number of hydrogen-bond donors (Lipinski definition) is 1. The van der Waals surface area contributed by atoms with Gasteiger partial charge in [-0.15, -0.1) is 0 Å². The first-order valence-corrected chi connectivity index (χ1v) is 7.01. The highest BCUT2D eigenvalue weighted by molar-refractivity contribution is 5.89. The molecule has 0 saturated carbocycles. The van der Waals surface area contributed by atoms with E-state index in [9.17, 15) is 4.79 Å². The summed E-state index contributed by atoms with van der Waals surface area (Å²) < 4.78 is 0. The Morgan fingerprint density at radius 1 is 1.33 bits per heavy atom. The van der Waals surface area contributed by atoms with E-state index in [1.165, 1.54) is 0 Å². The predicted octanol–water partition coefficient (Wildman–Crippen LogP) is 2.61. The zero-order valence-electron chi connectivity index (χ0n) is 11.9. The standard InChI is InChI=1S/C16H17N3O2/c1-19-9-3-6-13(19)15-14(17-7-8-18-15)11-4-2-5-12(10-11)16(20)21/h2,4-5,7-8,10,13H,3,6,9H2,1H3,(H,20,21)/t13-/m0/s1. The highest BCUT2D eigenvalue weighted by Gasteiger charge is 2.27. The summed E-state index contributed by atoms with van der Waals surface area (Å²) in [5.41, 5.74) is 2.78. The Kier molecular flexibility index (Phi) is 3.66. The molecular weight excluding hydrogens is 266 g/mol. The molecule has 1 aliphatic rings. The van der Waals surface area contributed by atoms with Crippen LogP contribution in [0.2, 0.25) is 0 Å². The van der Waals surface area contributed by atoms with Gasteiger partial charge in [0.15, 0.2) is 0 Å². The molecular formula is C16H17N3O2. The van der Waals surface area contributed by atoms with Crippen molar-refractivity contribution in [3.05, 3.63) is 47.9 Å². The molecule has 5 nitrogen and oxygen atoms in total. The first-order valence-electron chi connectivity index (χ1n) is 7.01. The van der Waals surface area contributed by atoms with Crippen LogP contribution in [0.1, 0.15) is 34.9 Å². The van der Waals surface area contributed by atoms with Gasteiger partial charge in [0.2, 0.25) is 0 Å². The first kappa shape index (κ1) is 13.7. The molecule has 0 radical (unpaired) electrons. The lowest BCUT2D eigenvalue weighted by atomic mass is 10.0. The van der Waals surface area contributed by atoms with E-state index in [1.54, 1.807) is 30.6 Å². The Morgan fingerprint density at radius 3 is 2.86 bits per heavy atom. The molecule has 1 aromatic heterocycles. The summed E-state index contributed by atoms with van der Waals surface area (Å²) in [5.74, 6) is -0.930. The number of carbonyl (C=O) groups is 1. The topological polar surface area (TPSA) is 66.3 Å². The smallest absolute Gasteiger partial charge is 0.335 e. The maximum Gasteiger partial charge on any atom is 0.335 e. The number of nitrogens with zero attached hydrogens (tertiary/aromatic N) is 3. The number of rotatable bonds is 3. The van der Waals surface area contributed by atoms with Crippen molar-refractivity contribution in [2.45, 2.75) is 18.9 Å². The SMILES string of the molecule is CN1CCC[C@H]1c1nccnc1-c1cccc(C(=O)O)c1. The Morgan fingerprint density at radius 2 is 2.14 bits per heavy atom. The molecule has 1 N–H and O–H groups in total. The molecule has 0 bridgehead atoms. The molecule has 5 heteroatoms. The largest absolute Gasteiger partial charge is 0.478 e. The van der Waals surface area contributed by atoms with Crippen LogP contribution in [0.15, 0.2) is 36.7 Å². The molecule has 2 aromatic rings. The molecule has 108 valence electrons. The molecule has 1 atom stereocenters. The molecule has 0 aliphatic carbocycles. The van der Waals surface area contributed by atoms with Crippen molar-refractivity contribution in [1.82, 2.24) is 14.9 Å². The number of aromatic carboxylic acids is 1. The molecule has 0 spiro atoms. The van der Waals surface area contributed by atoms with Gasteiger partial charge < -0.3 is 5.11 Å². The molecule has 3 rings (SSSR count). The molecule has 0 amide bonds. The van der Waals surface area contributed by atoms with E-state index in [1.807, 2.05) is 6.07 Å². The van der Waals surface area contributed by atoms with Crippen molar-refractivity contribution >= 4 is 5.97 Å². The van der Waals surface area contributed by atoms with Crippen LogP contribution >= 0.6 is 0 Å². The predicted molar refractivity (Wildman–Crippen MR) is 79.0 cm³/mol. The highest BCUT2D eigenvalue weighted by atomic mass is 16.4. The molecule has 21 heavy (non-hydrogen) atoms. The van der Waals surface area contributed by atoms with Crippen LogP contribution in [-0.4, -0.2) is 39.5 Å². The maximum absolute atomic E-state index is 11.1. The van der Waals surface area contributed by atoms with Gasteiger partial charge in [-0.1, -0.05) is 12.1 Å². The zero-order valence-corrected chi connectivity index (χ0v) is 11.9. The van der Waals surface area contributed by atoms with Gasteiger partial charge in [0.25, 0.3) is 0 Å². The summed E-state index contributed by atoms with van der Waals surface area (Å²) in [5, 5.41) is 9.13. The average Bonchev–Trinajstić information content (AvgIpc) is 2.93. The summed E-state index contributed by atoms with van der Waals surface area (Å²) in [6, 6.07) is 7.13. The number of likely N-dealkylation sites (tertiary alicyclic amines) is 1. The van der Waals surface area contributed by atoms with Gasteiger partial charge in [-0.25, -0.2) is 4.79 Å². The molecule has 1 aromatic carbocycles. The van der Waals surface area contributed by atoms with Crippen LogP contribution in [0.3, 0.4) is 0 Å². The first-order chi connectivity index (χ1) is 10.2. The van der Waals surface area contributed by atoms with Gasteiger partial charge in [-0.3, -0.25) is 14.9 Å². The minimum Gasteiger partial charge on any atom is -0.478 e. The minimum atomic E-state index is -0.930. The van der Waals surface area contributed by atoms with Crippen LogP contribution in [0.25, 0.3) is 11.3 Å². The van der Waals surface area contributed by atoms with Crippen molar-refractivity contribution in [1.29, 1.82) is 0 Å². The van der Waals surface area contributed by atoms with E-state index < -0.39 is 5.97 Å². The second-order valence-electron chi connectivity index (χ2n) is 5.31. The second kappa shape index (κ2) is 5.61. The van der Waals surface area contributed by atoms with Gasteiger partial charge in [0, 0.05) is 18.0 Å². The summed E-state index contributed by atoms with van der Waals surface area (Å²) in [6.07, 6.45) is 5.56. The van der Waals surface area contributed by atoms with Crippen LogP contribution in [-0.2, 0) is 0 Å². The second-order valence-corrected chi connectivity index (χ2v) is 5.31. The fourth-order valence-corrected chi connectivity index (χ4v) is 2.87. The molecule has 1 saturated heterocycles. The molecule has 1 fully saturated rings. The maximum atomic E-state index is 11.1. The third-order valence-electron chi connectivity index (χ3n) is 3.95. The Hall–Kier alpha value is -2.27. The van der Waals surface area contributed by atoms with Crippen molar-refractivity contribution in [3.63, 3.8) is 0 Å². The average molecular weight is 283 g/mol. The van der Waals surface area contributed by atoms with Crippen molar-refractivity contribution in [2.24, 2.45) is 0 Å². The summed E-state index contributed by atoms with van der Waals surface area (Å²) >= 11 is 0. The fourth-order valence-electron chi connectivity index (χ4n) is 2.87. The lowest BCUT2D eigenvalue weighted by Gasteiger charge is -2.20. The van der Waals surface area contributed by atoms with Gasteiger partial charge in [0.1, 0.15) is 0 Å². The van der Waals surface area contributed by atoms with E-state index >= 15 is 0 Å². The highest BCUT2D eigenvalue weighted by Crippen LogP contribution is 2.34. The number of benzene rings is 1. The molecule has 2 heterocycles. The number of aromatic nitrogens is 2. The summed E-state index contributed by atoms with van der Waals surface area (Å²) in [4.78, 5) is 22.4. The lowest BCUT2D eigenvalue weighted by molar-refractivity contribution is 0.0697. The quantitative estimate of drug-likeness (QED) is 0.938. The van der Waals surface area contributed by atoms with Crippen LogP contribution in [0, 0.1) is 0 Å². The van der Waals surface area contributed by atoms with E-state index in [-0.39, 0.29) is 11.6 Å². The van der Waals surface area contributed by atoms with Crippen molar-refractivity contribution in [3.8, 4) is 11.3 Å². The molecule has 1 aliphatic heterocycles. The van der Waals surface area contributed by atoms with Gasteiger partial charge in [-0.05, 0) is 38.6 Å². The number of hydrogen-bond acceptors (Lipinski definition) is 4. The van der Waals surface area contributed by atoms with E-state index in [2.05, 4.69) is 21.9 Å². The number of carboxylic acid groups (broad SMARTS) is 1. The third kappa shape index (κ3) is 2.64. The van der Waals surface area contributed by atoms with Crippen LogP contribution < -0.4 is 0 Å². The minimum absolute atomic E-state index is 0.252. The van der Waals surface area contributed by atoms with Crippen LogP contribution in [0.5, 0.6) is 0 Å². The van der Waals surface area contributed by atoms with Gasteiger partial charge in [-0.2, -0.15) is 0 Å². The van der Waals surface area contributed by atoms with Crippen LogP contribution in [0.4, 0.5) is 0 Å². The summed E-state index contributed by atoms with van der Waals surface area (Å²) in [6.45, 7) is 1.05. The van der Waals surface area contributed by atoms with Crippen molar-refractivity contribution < 1.29 is 9.90 Å². The fraction of sp³-hybridized carbons (Fsp3) is 0.312. The monoisotopic (exact) mass is 283 g/mol. The Labute approximate surface area is 123 Å². The lowest BCUT2D eigenvalue weighted by Crippen LogP contribution is -2.19. The van der Waals surface area contributed by atoms with E-state index in [4.69, 9.17) is 5.11 Å². The Balaban J connectivity index is 2.06. The van der Waals surface area contributed by atoms with E-state index in [0.29, 0.717) is 0 Å². The molecule has 0 unspecified atom stereocenters.